The van der Waals surface area contributed by atoms with E-state index in [4.69, 9.17) is 14.2 Å². The van der Waals surface area contributed by atoms with Gasteiger partial charge < -0.3 is 14.2 Å². The van der Waals surface area contributed by atoms with Gasteiger partial charge in [0.05, 0.1) is 6.42 Å². The third kappa shape index (κ3) is 4.38. The van der Waals surface area contributed by atoms with Gasteiger partial charge in [0.15, 0.2) is 0 Å². The maximum atomic E-state index is 11.7. The minimum atomic E-state index is -1.35. The van der Waals surface area contributed by atoms with Crippen LogP contribution in [-0.2, 0) is 19.0 Å². The first kappa shape index (κ1) is 15.7. The Balaban J connectivity index is 2.17. The quantitative estimate of drug-likeness (QED) is 0.379. The summed E-state index contributed by atoms with van der Waals surface area (Å²) in [4.78, 5) is 11.7. The van der Waals surface area contributed by atoms with Crippen molar-refractivity contribution < 1.29 is 19.0 Å². The molecule has 0 aliphatic heterocycles. The number of carbonyl (C=O) groups excluding carboxylic acids is 1. The highest BCUT2D eigenvalue weighted by Crippen LogP contribution is 2.34. The lowest BCUT2D eigenvalue weighted by Gasteiger charge is -2.33. The van der Waals surface area contributed by atoms with Gasteiger partial charge in [0.25, 0.3) is 0 Å². The molecular formula is C17H24O4. The Bertz CT molecular complexity index is 422. The molecule has 116 valence electrons. The largest absolute Gasteiger partial charge is 0.425 e. The Morgan fingerprint density at radius 2 is 1.81 bits per heavy atom. The van der Waals surface area contributed by atoms with Crippen molar-refractivity contribution in [1.29, 1.82) is 0 Å². The van der Waals surface area contributed by atoms with Crippen molar-refractivity contribution in [3.63, 3.8) is 0 Å². The molecular weight excluding hydrogens is 268 g/mol. The average molecular weight is 292 g/mol. The molecule has 0 atom stereocenters. The maximum absolute atomic E-state index is 11.7. The first-order valence-electron chi connectivity index (χ1n) is 7.79. The Hall–Kier alpha value is -1.71. The molecule has 0 N–H and O–H groups in total. The third-order valence-corrected chi connectivity index (χ3v) is 3.55. The number of esters is 1. The fourth-order valence-electron chi connectivity index (χ4n) is 2.58. The van der Waals surface area contributed by atoms with E-state index in [0.717, 1.165) is 62.5 Å². The van der Waals surface area contributed by atoms with Crippen LogP contribution in [0.2, 0.25) is 0 Å². The second-order valence-electron chi connectivity index (χ2n) is 5.39. The van der Waals surface area contributed by atoms with Crippen molar-refractivity contribution in [3.05, 3.63) is 36.3 Å². The van der Waals surface area contributed by atoms with Crippen molar-refractivity contribution >= 4 is 5.97 Å². The molecule has 2 aliphatic carbocycles. The molecule has 0 saturated heterocycles. The first-order valence-corrected chi connectivity index (χ1v) is 7.79. The van der Waals surface area contributed by atoms with Gasteiger partial charge >= 0.3 is 11.9 Å². The molecule has 0 aromatic carbocycles. The number of hydrogen-bond acceptors (Lipinski definition) is 4. The summed E-state index contributed by atoms with van der Waals surface area (Å²) in [6.45, 7) is 5.46. The summed E-state index contributed by atoms with van der Waals surface area (Å²) in [7, 11) is 0. The minimum absolute atomic E-state index is 0.487. The number of carbonyl (C=O) groups is 1. The van der Waals surface area contributed by atoms with Gasteiger partial charge in [0.2, 0.25) is 0 Å². The van der Waals surface area contributed by atoms with Gasteiger partial charge in [-0.15, -0.1) is 0 Å². The Morgan fingerprint density at radius 1 is 1.24 bits per heavy atom. The molecule has 0 saturated carbocycles. The van der Waals surface area contributed by atoms with Crippen LogP contribution in [0.5, 0.6) is 0 Å². The van der Waals surface area contributed by atoms with Gasteiger partial charge in [-0.2, -0.15) is 0 Å². The first-order chi connectivity index (χ1) is 10.2. The zero-order valence-corrected chi connectivity index (χ0v) is 12.7. The van der Waals surface area contributed by atoms with Crippen LogP contribution in [0.15, 0.2) is 36.3 Å². The maximum Gasteiger partial charge on any atom is 0.418 e. The molecule has 4 heteroatoms. The van der Waals surface area contributed by atoms with Crippen molar-refractivity contribution in [1.82, 2.24) is 0 Å². The highest BCUT2D eigenvalue weighted by Gasteiger charge is 2.40. The zero-order valence-electron chi connectivity index (χ0n) is 12.7. The van der Waals surface area contributed by atoms with E-state index in [-0.39, 0.29) is 0 Å². The second-order valence-corrected chi connectivity index (χ2v) is 5.39. The third-order valence-electron chi connectivity index (χ3n) is 3.55. The van der Waals surface area contributed by atoms with Crippen LogP contribution in [0.25, 0.3) is 0 Å². The molecule has 2 rings (SSSR count). The summed E-state index contributed by atoms with van der Waals surface area (Å²) >= 11 is 0. The van der Waals surface area contributed by atoms with E-state index in [2.05, 4.69) is 6.58 Å². The summed E-state index contributed by atoms with van der Waals surface area (Å²) in [5, 5.41) is 0. The lowest BCUT2D eigenvalue weighted by atomic mass is 10.2. The molecule has 0 unspecified atom stereocenters. The molecule has 0 aromatic heterocycles. The van der Waals surface area contributed by atoms with Crippen molar-refractivity contribution in [3.8, 4) is 0 Å². The number of allylic oxidation sites excluding steroid dienone is 4. The van der Waals surface area contributed by atoms with Crippen molar-refractivity contribution in [2.75, 3.05) is 0 Å². The molecule has 0 amide bonds. The molecule has 0 spiro atoms. The Labute approximate surface area is 126 Å². The predicted molar refractivity (Wildman–Crippen MR) is 80.0 cm³/mol. The summed E-state index contributed by atoms with van der Waals surface area (Å²) in [6.07, 6.45) is 12.3. The number of rotatable bonds is 8. The highest BCUT2D eigenvalue weighted by molar-refractivity contribution is 5.81. The zero-order chi connectivity index (χ0) is 15.1. The molecule has 0 aromatic rings. The van der Waals surface area contributed by atoms with Crippen molar-refractivity contribution in [2.24, 2.45) is 0 Å². The van der Waals surface area contributed by atoms with E-state index in [1.165, 1.54) is 0 Å². The molecule has 0 fully saturated rings. The Kier molecular flexibility index (Phi) is 5.48. The van der Waals surface area contributed by atoms with Gasteiger partial charge in [0.1, 0.15) is 11.5 Å². The predicted octanol–water partition coefficient (Wildman–Crippen LogP) is 4.34. The molecule has 21 heavy (non-hydrogen) atoms. The number of ether oxygens (including phenoxy) is 3. The summed E-state index contributed by atoms with van der Waals surface area (Å²) in [5.41, 5.74) is 0. The average Bonchev–Trinajstić information content (AvgIpc) is 3.12. The smallest absolute Gasteiger partial charge is 0.418 e. The number of hydrogen-bond donors (Lipinski definition) is 0. The molecule has 0 radical (unpaired) electrons. The second kappa shape index (κ2) is 7.34. The van der Waals surface area contributed by atoms with E-state index in [9.17, 15) is 4.79 Å². The van der Waals surface area contributed by atoms with Gasteiger partial charge in [-0.25, -0.2) is 4.79 Å². The lowest BCUT2D eigenvalue weighted by Crippen LogP contribution is -2.40. The standard InChI is InChI=1S/C17H24O4/c1-3-13-17(21-16(18)4-2,19-14-9-5-6-10-14)20-15-11-7-8-12-15/h4,9,11H,2-3,5-8,10,12-13H2,1H3. The normalized spacial score (nSPS) is 18.0. The van der Waals surface area contributed by atoms with Gasteiger partial charge in [0, 0.05) is 18.9 Å². The van der Waals surface area contributed by atoms with E-state index in [1.807, 2.05) is 19.1 Å². The van der Waals surface area contributed by atoms with Crippen LogP contribution in [0.1, 0.15) is 58.3 Å². The SMILES string of the molecule is C=CC(=O)OC(CCC)(OC1=CCCC1)OC1=CCCC1. The molecule has 0 bridgehead atoms. The van der Waals surface area contributed by atoms with Crippen LogP contribution in [-0.4, -0.2) is 11.9 Å². The van der Waals surface area contributed by atoms with Gasteiger partial charge in [-0.1, -0.05) is 13.5 Å². The van der Waals surface area contributed by atoms with Crippen molar-refractivity contribution in [2.45, 2.75) is 64.3 Å². The topological polar surface area (TPSA) is 44.8 Å². The summed E-state index contributed by atoms with van der Waals surface area (Å²) < 4.78 is 17.4. The van der Waals surface area contributed by atoms with Crippen LogP contribution in [0.3, 0.4) is 0 Å². The molecule has 2 aliphatic rings. The van der Waals surface area contributed by atoms with E-state index >= 15 is 0 Å². The monoisotopic (exact) mass is 292 g/mol. The van der Waals surface area contributed by atoms with Crippen LogP contribution in [0, 0.1) is 0 Å². The van der Waals surface area contributed by atoms with Gasteiger partial charge in [-0.05, 0) is 44.3 Å². The molecule has 4 nitrogen and oxygen atoms in total. The lowest BCUT2D eigenvalue weighted by molar-refractivity contribution is -0.335. The van der Waals surface area contributed by atoms with Crippen LogP contribution < -0.4 is 0 Å². The fraction of sp³-hybridized carbons (Fsp3) is 0.588. The van der Waals surface area contributed by atoms with E-state index in [0.29, 0.717) is 6.42 Å². The Morgan fingerprint density at radius 3 is 2.19 bits per heavy atom. The summed E-state index contributed by atoms with van der Waals surface area (Å²) in [5.74, 6) is -0.190. The fourth-order valence-corrected chi connectivity index (χ4v) is 2.58. The highest BCUT2D eigenvalue weighted by atomic mass is 16.9. The molecule has 0 heterocycles. The minimum Gasteiger partial charge on any atom is -0.425 e. The van der Waals surface area contributed by atoms with E-state index < -0.39 is 11.9 Å². The van der Waals surface area contributed by atoms with Crippen LogP contribution >= 0.6 is 0 Å². The van der Waals surface area contributed by atoms with Crippen LogP contribution in [0.4, 0.5) is 0 Å². The van der Waals surface area contributed by atoms with E-state index in [1.54, 1.807) is 0 Å². The van der Waals surface area contributed by atoms with Gasteiger partial charge in [-0.3, -0.25) is 0 Å². The summed E-state index contributed by atoms with van der Waals surface area (Å²) in [6, 6.07) is 0.